The molecule has 0 spiro atoms. The molecule has 0 aliphatic carbocycles. The van der Waals surface area contributed by atoms with E-state index in [-0.39, 0.29) is 24.3 Å². The van der Waals surface area contributed by atoms with Crippen LogP contribution in [0.2, 0.25) is 0 Å². The molecule has 1 saturated heterocycles. The molecule has 3 aromatic rings. The van der Waals surface area contributed by atoms with E-state index in [4.69, 9.17) is 0 Å². The van der Waals surface area contributed by atoms with Crippen molar-refractivity contribution < 1.29 is 9.59 Å². The number of benzene rings is 1. The number of rotatable bonds is 5. The number of nitrogens with one attached hydrogen (secondary N) is 1. The van der Waals surface area contributed by atoms with E-state index >= 15 is 0 Å². The van der Waals surface area contributed by atoms with E-state index in [0.29, 0.717) is 6.54 Å². The third-order valence-electron chi connectivity index (χ3n) is 4.92. The van der Waals surface area contributed by atoms with Gasteiger partial charge in [-0.1, -0.05) is 23.8 Å². The Labute approximate surface area is 172 Å². The Kier molecular flexibility index (Phi) is 5.28. The third kappa shape index (κ3) is 3.72. The predicted molar refractivity (Wildman–Crippen MR) is 113 cm³/mol. The number of carbonyl (C=O) groups excluding carboxylic acids is 2. The quantitative estimate of drug-likeness (QED) is 0.683. The number of aromatic nitrogens is 1. The standard InChI is InChI=1S/C21H21N3O2S2/c1-13-5-7-16(8-6-13)24-19(25)10-17(20(24)18-4-3-9-27-18)21(26)22-11-15-12-28-14(2)23-15/h3-9,12,17,20H,10-11H2,1-2H3,(H,22,26)/t17-,20+/m0/s1. The number of thiophene rings is 1. The molecule has 3 heterocycles. The van der Waals surface area contributed by atoms with Crippen LogP contribution < -0.4 is 10.2 Å². The van der Waals surface area contributed by atoms with Gasteiger partial charge >= 0.3 is 0 Å². The van der Waals surface area contributed by atoms with Gasteiger partial charge in [0.05, 0.1) is 29.2 Å². The lowest BCUT2D eigenvalue weighted by Crippen LogP contribution is -2.35. The molecular weight excluding hydrogens is 390 g/mol. The molecule has 2 atom stereocenters. The van der Waals surface area contributed by atoms with E-state index in [9.17, 15) is 9.59 Å². The normalized spacial score (nSPS) is 19.2. The van der Waals surface area contributed by atoms with E-state index in [1.54, 1.807) is 27.6 Å². The number of aryl methyl sites for hydroxylation is 2. The first-order valence-electron chi connectivity index (χ1n) is 9.14. The Bertz CT molecular complexity index is 980. The van der Waals surface area contributed by atoms with Crippen molar-refractivity contribution in [3.63, 3.8) is 0 Å². The molecule has 1 N–H and O–H groups in total. The summed E-state index contributed by atoms with van der Waals surface area (Å²) in [4.78, 5) is 33.1. The van der Waals surface area contributed by atoms with Crippen molar-refractivity contribution in [2.24, 2.45) is 5.92 Å². The number of amides is 2. The van der Waals surface area contributed by atoms with Crippen LogP contribution in [0.25, 0.3) is 0 Å². The monoisotopic (exact) mass is 411 g/mol. The first-order chi connectivity index (χ1) is 13.5. The minimum absolute atomic E-state index is 0.0214. The van der Waals surface area contributed by atoms with Gasteiger partial charge in [0.2, 0.25) is 11.8 Å². The summed E-state index contributed by atoms with van der Waals surface area (Å²) in [5, 5.41) is 7.89. The van der Waals surface area contributed by atoms with Gasteiger partial charge in [-0.25, -0.2) is 4.98 Å². The average Bonchev–Trinajstić information content (AvgIpc) is 3.40. The van der Waals surface area contributed by atoms with Gasteiger partial charge in [-0.15, -0.1) is 22.7 Å². The van der Waals surface area contributed by atoms with Crippen LogP contribution in [-0.4, -0.2) is 16.8 Å². The molecule has 0 unspecified atom stereocenters. The molecule has 0 saturated carbocycles. The van der Waals surface area contributed by atoms with Crippen LogP contribution in [0.1, 0.15) is 33.6 Å². The van der Waals surface area contributed by atoms with Gasteiger partial charge in [-0.2, -0.15) is 0 Å². The van der Waals surface area contributed by atoms with Crippen molar-refractivity contribution in [2.75, 3.05) is 4.90 Å². The summed E-state index contributed by atoms with van der Waals surface area (Å²) in [5.41, 5.74) is 2.82. The Balaban J connectivity index is 1.60. The lowest BCUT2D eigenvalue weighted by Gasteiger charge is -2.27. The SMILES string of the molecule is Cc1ccc(N2C(=O)C[C@H](C(=O)NCc3csc(C)n3)[C@@H]2c2cccs2)cc1. The van der Waals surface area contributed by atoms with Gasteiger partial charge in [0.1, 0.15) is 0 Å². The van der Waals surface area contributed by atoms with E-state index in [2.05, 4.69) is 10.3 Å². The van der Waals surface area contributed by atoms with Crippen molar-refractivity contribution in [3.8, 4) is 0 Å². The first-order valence-corrected chi connectivity index (χ1v) is 10.9. The van der Waals surface area contributed by atoms with Crippen molar-refractivity contribution in [3.05, 3.63) is 68.3 Å². The molecule has 1 aliphatic heterocycles. The van der Waals surface area contributed by atoms with Crippen LogP contribution in [0.4, 0.5) is 5.69 Å². The number of anilines is 1. The van der Waals surface area contributed by atoms with Gasteiger partial charge in [-0.3, -0.25) is 9.59 Å². The maximum Gasteiger partial charge on any atom is 0.228 e. The van der Waals surface area contributed by atoms with Gasteiger partial charge < -0.3 is 10.2 Å². The average molecular weight is 412 g/mol. The lowest BCUT2D eigenvalue weighted by atomic mass is 9.97. The topological polar surface area (TPSA) is 62.3 Å². The van der Waals surface area contributed by atoms with Gasteiger partial charge in [0.15, 0.2) is 0 Å². The molecule has 1 aliphatic rings. The minimum Gasteiger partial charge on any atom is -0.350 e. The first kappa shape index (κ1) is 18.8. The highest BCUT2D eigenvalue weighted by molar-refractivity contribution is 7.10. The van der Waals surface area contributed by atoms with Gasteiger partial charge in [0.25, 0.3) is 0 Å². The Hall–Kier alpha value is -2.51. The van der Waals surface area contributed by atoms with E-state index in [1.807, 2.05) is 61.0 Å². The molecule has 4 rings (SSSR count). The van der Waals surface area contributed by atoms with Crippen LogP contribution in [-0.2, 0) is 16.1 Å². The van der Waals surface area contributed by atoms with Crippen LogP contribution in [0, 0.1) is 19.8 Å². The van der Waals surface area contributed by atoms with Crippen molar-refractivity contribution >= 4 is 40.2 Å². The van der Waals surface area contributed by atoms with Crippen LogP contribution in [0.5, 0.6) is 0 Å². The molecule has 0 bridgehead atoms. The highest BCUT2D eigenvalue weighted by atomic mass is 32.1. The number of thiazole rings is 1. The molecule has 5 nitrogen and oxygen atoms in total. The zero-order valence-electron chi connectivity index (χ0n) is 15.7. The van der Waals surface area contributed by atoms with Gasteiger partial charge in [-0.05, 0) is 37.4 Å². The van der Waals surface area contributed by atoms with Crippen molar-refractivity contribution in [2.45, 2.75) is 32.9 Å². The number of hydrogen-bond donors (Lipinski definition) is 1. The molecular formula is C21H21N3O2S2. The van der Waals surface area contributed by atoms with Gasteiger partial charge in [0, 0.05) is 22.4 Å². The summed E-state index contributed by atoms with van der Waals surface area (Å²) < 4.78 is 0. The van der Waals surface area contributed by atoms with Crippen LogP contribution in [0.15, 0.2) is 47.2 Å². The smallest absolute Gasteiger partial charge is 0.228 e. The second kappa shape index (κ2) is 7.85. The van der Waals surface area contributed by atoms with E-state index in [1.165, 1.54) is 0 Å². The zero-order valence-corrected chi connectivity index (χ0v) is 17.3. The fraction of sp³-hybridized carbons (Fsp3) is 0.286. The van der Waals surface area contributed by atoms with Crippen molar-refractivity contribution in [1.29, 1.82) is 0 Å². The van der Waals surface area contributed by atoms with Crippen LogP contribution in [0.3, 0.4) is 0 Å². The third-order valence-corrected chi connectivity index (χ3v) is 6.68. The van der Waals surface area contributed by atoms with Crippen LogP contribution >= 0.6 is 22.7 Å². The Morgan fingerprint density at radius 2 is 2.00 bits per heavy atom. The molecule has 28 heavy (non-hydrogen) atoms. The second-order valence-corrected chi connectivity index (χ2v) is 8.99. The molecule has 1 aromatic carbocycles. The molecule has 2 amide bonds. The highest BCUT2D eigenvalue weighted by Crippen LogP contribution is 2.43. The zero-order chi connectivity index (χ0) is 19.7. The summed E-state index contributed by atoms with van der Waals surface area (Å²) in [7, 11) is 0. The number of nitrogens with zero attached hydrogens (tertiary/aromatic N) is 2. The number of carbonyl (C=O) groups is 2. The number of hydrogen-bond acceptors (Lipinski definition) is 5. The second-order valence-electron chi connectivity index (χ2n) is 6.95. The molecule has 7 heteroatoms. The molecule has 0 radical (unpaired) electrons. The molecule has 1 fully saturated rings. The largest absolute Gasteiger partial charge is 0.350 e. The fourth-order valence-electron chi connectivity index (χ4n) is 3.56. The van der Waals surface area contributed by atoms with Crippen molar-refractivity contribution in [1.82, 2.24) is 10.3 Å². The molecule has 2 aromatic heterocycles. The predicted octanol–water partition coefficient (Wildman–Crippen LogP) is 4.23. The summed E-state index contributed by atoms with van der Waals surface area (Å²) >= 11 is 3.14. The maximum absolute atomic E-state index is 13.0. The van der Waals surface area contributed by atoms with E-state index < -0.39 is 5.92 Å². The Morgan fingerprint density at radius 1 is 1.21 bits per heavy atom. The summed E-state index contributed by atoms with van der Waals surface area (Å²) in [6.07, 6.45) is 0.207. The molecule has 144 valence electrons. The summed E-state index contributed by atoms with van der Waals surface area (Å²) in [6, 6.07) is 11.6. The van der Waals surface area contributed by atoms with E-state index in [0.717, 1.165) is 26.8 Å². The summed E-state index contributed by atoms with van der Waals surface area (Å²) in [5.74, 6) is -0.550. The lowest BCUT2D eigenvalue weighted by molar-refractivity contribution is -0.127. The minimum atomic E-state index is -0.424. The fourth-order valence-corrected chi connectivity index (χ4v) is 5.06. The maximum atomic E-state index is 13.0. The Morgan fingerprint density at radius 3 is 2.64 bits per heavy atom. The summed E-state index contributed by atoms with van der Waals surface area (Å²) in [6.45, 7) is 4.34. The highest BCUT2D eigenvalue weighted by Gasteiger charge is 2.45.